The van der Waals surface area contributed by atoms with Crippen molar-refractivity contribution in [3.05, 3.63) is 63.6 Å². The van der Waals surface area contributed by atoms with E-state index >= 15 is 0 Å². The lowest BCUT2D eigenvalue weighted by Crippen LogP contribution is -2.32. The number of rotatable bonds is 10. The molecule has 1 aromatic carbocycles. The predicted octanol–water partition coefficient (Wildman–Crippen LogP) is 2.18. The number of amides is 1. The summed E-state index contributed by atoms with van der Waals surface area (Å²) in [5.41, 5.74) is 0.821. The summed E-state index contributed by atoms with van der Waals surface area (Å²) in [4.78, 5) is 39.8. The first-order chi connectivity index (χ1) is 14.4. The maximum Gasteiger partial charge on any atom is 0.263 e. The molecule has 0 bridgehead atoms. The van der Waals surface area contributed by atoms with E-state index in [9.17, 15) is 14.4 Å². The Balaban J connectivity index is 1.86. The second-order valence-electron chi connectivity index (χ2n) is 8.02. The van der Waals surface area contributed by atoms with Gasteiger partial charge in [-0.1, -0.05) is 12.1 Å². The number of hydrogen-bond donors (Lipinski definition) is 1. The summed E-state index contributed by atoms with van der Waals surface area (Å²) in [5, 5.41) is 2.49. The number of ether oxygens (including phenoxy) is 1. The van der Waals surface area contributed by atoms with Gasteiger partial charge in [-0.05, 0) is 56.6 Å². The highest BCUT2D eigenvalue weighted by Crippen LogP contribution is 2.33. The van der Waals surface area contributed by atoms with E-state index in [0.29, 0.717) is 24.5 Å². The predicted molar refractivity (Wildman–Crippen MR) is 115 cm³/mol. The molecule has 1 fully saturated rings. The Kier molecular flexibility index (Phi) is 7.05. The number of nitrogens with one attached hydrogen (secondary N) is 1. The number of aromatic nitrogens is 1. The highest BCUT2D eigenvalue weighted by atomic mass is 16.5. The number of hydrogen-bond acceptors (Lipinski definition) is 5. The molecule has 1 heterocycles. The number of Topliss-reactive ketones (excluding diaryl/α,β-unsaturated/α-hetero) is 1. The van der Waals surface area contributed by atoms with E-state index in [0.717, 1.165) is 30.7 Å². The lowest BCUT2D eigenvalue weighted by molar-refractivity contribution is 0.0961. The second kappa shape index (κ2) is 9.71. The summed E-state index contributed by atoms with van der Waals surface area (Å²) in [6.45, 7) is 1.60. The molecule has 0 unspecified atom stereocenters. The van der Waals surface area contributed by atoms with Gasteiger partial charge in [0.1, 0.15) is 17.9 Å². The fourth-order valence-corrected chi connectivity index (χ4v) is 3.18. The molecule has 0 saturated heterocycles. The van der Waals surface area contributed by atoms with Crippen molar-refractivity contribution in [2.75, 3.05) is 34.3 Å². The fraction of sp³-hybridized carbons (Fsp3) is 0.435. The molecule has 1 saturated carbocycles. The van der Waals surface area contributed by atoms with Crippen molar-refractivity contribution in [2.45, 2.75) is 25.8 Å². The number of benzene rings is 1. The topological polar surface area (TPSA) is 80.6 Å². The van der Waals surface area contributed by atoms with Gasteiger partial charge in [0.2, 0.25) is 0 Å². The van der Waals surface area contributed by atoms with E-state index in [2.05, 4.69) is 5.32 Å². The van der Waals surface area contributed by atoms with Crippen LogP contribution in [0.25, 0.3) is 0 Å². The van der Waals surface area contributed by atoms with Crippen molar-refractivity contribution >= 4 is 11.7 Å². The van der Waals surface area contributed by atoms with Crippen LogP contribution in [0.2, 0.25) is 0 Å². The molecule has 7 nitrogen and oxygen atoms in total. The van der Waals surface area contributed by atoms with Crippen LogP contribution < -0.4 is 15.6 Å². The molecule has 1 N–H and O–H groups in total. The van der Waals surface area contributed by atoms with E-state index in [4.69, 9.17) is 4.74 Å². The van der Waals surface area contributed by atoms with Gasteiger partial charge >= 0.3 is 0 Å². The lowest BCUT2D eigenvalue weighted by Gasteiger charge is -2.13. The third-order valence-electron chi connectivity index (χ3n) is 5.11. The van der Waals surface area contributed by atoms with Crippen molar-refractivity contribution < 1.29 is 14.3 Å². The minimum atomic E-state index is -0.490. The van der Waals surface area contributed by atoms with Crippen LogP contribution in [0, 0.1) is 5.92 Å². The third-order valence-corrected chi connectivity index (χ3v) is 5.11. The number of carbonyl (C=O) groups is 2. The van der Waals surface area contributed by atoms with Crippen LogP contribution in [0.4, 0.5) is 0 Å². The maximum absolute atomic E-state index is 12.9. The van der Waals surface area contributed by atoms with Gasteiger partial charge in [0.25, 0.3) is 11.5 Å². The average molecular weight is 412 g/mol. The molecule has 2 aromatic rings. The number of ketones is 1. The molecule has 0 spiro atoms. The zero-order valence-electron chi connectivity index (χ0n) is 17.8. The van der Waals surface area contributed by atoms with Gasteiger partial charge in [0.15, 0.2) is 5.78 Å². The molecule has 1 aliphatic carbocycles. The Morgan fingerprint density at radius 2 is 2.00 bits per heavy atom. The molecule has 1 aliphatic rings. The molecule has 1 aromatic heterocycles. The largest absolute Gasteiger partial charge is 0.492 e. The molecule has 30 heavy (non-hydrogen) atoms. The van der Waals surface area contributed by atoms with Gasteiger partial charge in [0.05, 0.1) is 6.54 Å². The summed E-state index contributed by atoms with van der Waals surface area (Å²) in [7, 11) is 5.43. The third kappa shape index (κ3) is 5.79. The first-order valence-corrected chi connectivity index (χ1v) is 10.2. The van der Waals surface area contributed by atoms with E-state index < -0.39 is 11.5 Å². The molecular weight excluding hydrogens is 382 g/mol. The molecule has 0 atom stereocenters. The van der Waals surface area contributed by atoms with Crippen molar-refractivity contribution in [3.63, 3.8) is 0 Å². The Morgan fingerprint density at radius 1 is 1.23 bits per heavy atom. The van der Waals surface area contributed by atoms with E-state index in [1.54, 1.807) is 6.20 Å². The SMILES string of the molecule is CNC(=O)c1cc(C(=O)CC2CC2)cn(Cc2cccc(OCCN(C)C)c2)c1=O. The zero-order valence-corrected chi connectivity index (χ0v) is 17.8. The van der Waals surface area contributed by atoms with Gasteiger partial charge in [0, 0.05) is 31.8 Å². The fourth-order valence-electron chi connectivity index (χ4n) is 3.18. The second-order valence-corrected chi connectivity index (χ2v) is 8.02. The average Bonchev–Trinajstić information content (AvgIpc) is 3.53. The lowest BCUT2D eigenvalue weighted by atomic mass is 10.0. The van der Waals surface area contributed by atoms with Crippen LogP contribution in [0.15, 0.2) is 41.3 Å². The van der Waals surface area contributed by atoms with Gasteiger partial charge in [-0.15, -0.1) is 0 Å². The van der Waals surface area contributed by atoms with Crippen molar-refractivity contribution in [2.24, 2.45) is 5.92 Å². The zero-order chi connectivity index (χ0) is 21.7. The van der Waals surface area contributed by atoms with Gasteiger partial charge in [-0.25, -0.2) is 0 Å². The molecule has 0 aliphatic heterocycles. The summed E-state index contributed by atoms with van der Waals surface area (Å²) < 4.78 is 7.20. The molecule has 1 amide bonds. The molecular formula is C23H29N3O4. The van der Waals surface area contributed by atoms with E-state index in [-0.39, 0.29) is 17.9 Å². The molecule has 160 valence electrons. The number of likely N-dealkylation sites (N-methyl/N-ethyl adjacent to an activating group) is 1. The first kappa shape index (κ1) is 21.8. The smallest absolute Gasteiger partial charge is 0.263 e. The van der Waals surface area contributed by atoms with E-state index in [1.165, 1.54) is 17.7 Å². The Labute approximate surface area is 176 Å². The van der Waals surface area contributed by atoms with Crippen LogP contribution in [0.3, 0.4) is 0 Å². The maximum atomic E-state index is 12.9. The summed E-state index contributed by atoms with van der Waals surface area (Å²) in [6.07, 6.45) is 4.16. The Morgan fingerprint density at radius 3 is 2.67 bits per heavy atom. The monoisotopic (exact) mass is 411 g/mol. The molecule has 3 rings (SSSR count). The minimum Gasteiger partial charge on any atom is -0.492 e. The van der Waals surface area contributed by atoms with Crippen LogP contribution >= 0.6 is 0 Å². The number of nitrogens with zero attached hydrogens (tertiary/aromatic N) is 2. The van der Waals surface area contributed by atoms with Crippen molar-refractivity contribution in [1.82, 2.24) is 14.8 Å². The quantitative estimate of drug-likeness (QED) is 0.606. The number of pyridine rings is 1. The van der Waals surface area contributed by atoms with Crippen LogP contribution in [-0.2, 0) is 6.54 Å². The highest BCUT2D eigenvalue weighted by Gasteiger charge is 2.26. The van der Waals surface area contributed by atoms with Crippen LogP contribution in [0.5, 0.6) is 5.75 Å². The normalized spacial score (nSPS) is 13.3. The summed E-state index contributed by atoms with van der Waals surface area (Å²) in [6, 6.07) is 8.92. The van der Waals surface area contributed by atoms with Gasteiger partial charge < -0.3 is 19.5 Å². The van der Waals surface area contributed by atoms with Crippen LogP contribution in [0.1, 0.15) is 45.5 Å². The van der Waals surface area contributed by atoms with Crippen molar-refractivity contribution in [3.8, 4) is 5.75 Å². The van der Waals surface area contributed by atoms with E-state index in [1.807, 2.05) is 43.3 Å². The Hall–Kier alpha value is -2.93. The van der Waals surface area contributed by atoms with Gasteiger partial charge in [-0.2, -0.15) is 0 Å². The van der Waals surface area contributed by atoms with Gasteiger partial charge in [-0.3, -0.25) is 14.4 Å². The summed E-state index contributed by atoms with van der Waals surface area (Å²) in [5.74, 6) is 0.625. The van der Waals surface area contributed by atoms with Crippen LogP contribution in [-0.4, -0.2) is 55.5 Å². The molecule has 0 radical (unpaired) electrons. The highest BCUT2D eigenvalue weighted by molar-refractivity contribution is 6.00. The molecule has 7 heteroatoms. The minimum absolute atomic E-state index is 0.0162. The van der Waals surface area contributed by atoms with Crippen molar-refractivity contribution in [1.29, 1.82) is 0 Å². The Bertz CT molecular complexity index is 977. The standard InChI is InChI=1S/C23H29N3O4/c1-24-22(28)20-13-18(21(27)12-16-7-8-16)15-26(23(20)29)14-17-5-4-6-19(11-17)30-10-9-25(2)3/h4-6,11,13,15-16H,7-10,12,14H2,1-3H3,(H,24,28). The first-order valence-electron chi connectivity index (χ1n) is 10.2. The summed E-state index contributed by atoms with van der Waals surface area (Å²) >= 11 is 0. The number of carbonyl (C=O) groups excluding carboxylic acids is 2.